The van der Waals surface area contributed by atoms with Crippen LogP contribution in [0.15, 0.2) is 54.1 Å². The second kappa shape index (κ2) is 12.7. The maximum absolute atomic E-state index is 13.3. The van der Waals surface area contributed by atoms with Gasteiger partial charge in [0.15, 0.2) is 0 Å². The number of amides is 1. The Hall–Kier alpha value is -3.12. The van der Waals surface area contributed by atoms with Gasteiger partial charge < -0.3 is 19.6 Å². The van der Waals surface area contributed by atoms with Crippen molar-refractivity contribution in [2.45, 2.75) is 59.4 Å². The first kappa shape index (κ1) is 27.5. The summed E-state index contributed by atoms with van der Waals surface area (Å²) in [7, 11) is 0. The van der Waals surface area contributed by atoms with Crippen LogP contribution in [0, 0.1) is 0 Å². The second-order valence-corrected chi connectivity index (χ2v) is 9.57. The number of Topliss-reactive ketones (excluding diaryl/α,β-unsaturated/α-hetero) is 1. The van der Waals surface area contributed by atoms with Crippen molar-refractivity contribution < 1.29 is 19.4 Å². The van der Waals surface area contributed by atoms with Crippen molar-refractivity contribution in [1.29, 1.82) is 0 Å². The van der Waals surface area contributed by atoms with Crippen molar-refractivity contribution in [3.63, 3.8) is 0 Å². The lowest BCUT2D eigenvalue weighted by Gasteiger charge is -2.27. The van der Waals surface area contributed by atoms with Crippen LogP contribution >= 0.6 is 0 Å². The van der Waals surface area contributed by atoms with Gasteiger partial charge in [0.25, 0.3) is 11.7 Å². The van der Waals surface area contributed by atoms with Gasteiger partial charge in [0.05, 0.1) is 18.2 Å². The summed E-state index contributed by atoms with van der Waals surface area (Å²) in [5, 5.41) is 11.3. The lowest BCUT2D eigenvalue weighted by atomic mass is 9.93. The highest BCUT2D eigenvalue weighted by molar-refractivity contribution is 6.46. The average Bonchev–Trinajstić information content (AvgIpc) is 3.14. The Kier molecular flexibility index (Phi) is 9.71. The Morgan fingerprint density at radius 2 is 1.64 bits per heavy atom. The number of hydrogen-bond donors (Lipinski definition) is 1. The Morgan fingerprint density at radius 1 is 1.00 bits per heavy atom. The summed E-state index contributed by atoms with van der Waals surface area (Å²) in [6.07, 6.45) is 1.65. The molecule has 6 heteroatoms. The lowest BCUT2D eigenvalue weighted by molar-refractivity contribution is -0.140. The van der Waals surface area contributed by atoms with Crippen LogP contribution in [0.25, 0.3) is 5.76 Å². The molecule has 3 rings (SSSR count). The topological polar surface area (TPSA) is 70.1 Å². The number of ketones is 1. The minimum atomic E-state index is -0.639. The predicted molar refractivity (Wildman–Crippen MR) is 144 cm³/mol. The number of hydrogen-bond acceptors (Lipinski definition) is 5. The van der Waals surface area contributed by atoms with Gasteiger partial charge in [-0.05, 0) is 73.8 Å². The quantitative estimate of drug-likeness (QED) is 0.232. The van der Waals surface area contributed by atoms with Gasteiger partial charge in [-0.1, -0.05) is 58.9 Å². The number of rotatable bonds is 12. The van der Waals surface area contributed by atoms with E-state index in [0.29, 0.717) is 30.4 Å². The fraction of sp³-hybridized carbons (Fsp3) is 0.467. The highest BCUT2D eigenvalue weighted by atomic mass is 16.5. The maximum atomic E-state index is 13.3. The highest BCUT2D eigenvalue weighted by Gasteiger charge is 2.45. The molecule has 0 aromatic heterocycles. The number of nitrogens with zero attached hydrogens (tertiary/aromatic N) is 2. The van der Waals surface area contributed by atoms with Gasteiger partial charge >= 0.3 is 0 Å². The number of aliphatic hydroxyl groups excluding tert-OH is 1. The highest BCUT2D eigenvalue weighted by Crippen LogP contribution is 2.40. The molecule has 2 aromatic carbocycles. The smallest absolute Gasteiger partial charge is 0.295 e. The minimum Gasteiger partial charge on any atom is -0.507 e. The Bertz CT molecular complexity index is 1050. The monoisotopic (exact) mass is 492 g/mol. The molecular weight excluding hydrogens is 452 g/mol. The first-order valence-electron chi connectivity index (χ1n) is 13.2. The van der Waals surface area contributed by atoms with Gasteiger partial charge in [0.2, 0.25) is 0 Å². The van der Waals surface area contributed by atoms with Crippen LogP contribution in [-0.4, -0.2) is 59.4 Å². The fourth-order valence-electron chi connectivity index (χ4n) is 4.61. The van der Waals surface area contributed by atoms with E-state index in [1.54, 1.807) is 29.2 Å². The van der Waals surface area contributed by atoms with E-state index in [0.717, 1.165) is 38.0 Å². The van der Waals surface area contributed by atoms with Gasteiger partial charge in [0, 0.05) is 12.1 Å². The van der Waals surface area contributed by atoms with Crippen molar-refractivity contribution in [3.8, 4) is 5.75 Å². The molecule has 0 aliphatic carbocycles. The van der Waals surface area contributed by atoms with Crippen molar-refractivity contribution in [3.05, 3.63) is 70.8 Å². The van der Waals surface area contributed by atoms with Crippen molar-refractivity contribution in [2.24, 2.45) is 0 Å². The number of aliphatic hydroxyl groups is 1. The van der Waals surface area contributed by atoms with Crippen LogP contribution in [0.1, 0.15) is 76.1 Å². The second-order valence-electron chi connectivity index (χ2n) is 9.57. The summed E-state index contributed by atoms with van der Waals surface area (Å²) in [5.41, 5.74) is 2.64. The zero-order valence-corrected chi connectivity index (χ0v) is 22.3. The predicted octanol–water partition coefficient (Wildman–Crippen LogP) is 5.75. The molecule has 1 unspecified atom stereocenters. The van der Waals surface area contributed by atoms with Crippen LogP contribution < -0.4 is 4.74 Å². The van der Waals surface area contributed by atoms with Crippen molar-refractivity contribution in [1.82, 2.24) is 9.80 Å². The third kappa shape index (κ3) is 6.16. The molecule has 1 aliphatic heterocycles. The summed E-state index contributed by atoms with van der Waals surface area (Å²) in [6.45, 7) is 14.3. The Balaban J connectivity index is 1.99. The van der Waals surface area contributed by atoms with E-state index in [2.05, 4.69) is 32.6 Å². The van der Waals surface area contributed by atoms with E-state index in [9.17, 15) is 14.7 Å². The molecule has 0 saturated carbocycles. The summed E-state index contributed by atoms with van der Waals surface area (Å²) in [6, 6.07) is 14.4. The molecular formula is C30H40N2O4. The molecule has 1 saturated heterocycles. The first-order valence-corrected chi connectivity index (χ1v) is 13.2. The SMILES string of the molecule is CCCOc1ccc(/C(O)=C2\C(=O)C(=O)N(CCCN(CC)CC)C2c2ccc(C(C)C)cc2)cc1. The Labute approximate surface area is 215 Å². The van der Waals surface area contributed by atoms with Crippen LogP contribution in [0.5, 0.6) is 5.75 Å². The fourth-order valence-corrected chi connectivity index (χ4v) is 4.61. The van der Waals surface area contributed by atoms with Crippen LogP contribution in [-0.2, 0) is 9.59 Å². The molecule has 1 amide bonds. The molecule has 2 aromatic rings. The average molecular weight is 493 g/mol. The maximum Gasteiger partial charge on any atom is 0.295 e. The number of likely N-dealkylation sites (tertiary alicyclic amines) is 1. The van der Waals surface area contributed by atoms with Crippen LogP contribution in [0.2, 0.25) is 0 Å². The molecule has 1 heterocycles. The number of benzene rings is 2. The zero-order valence-electron chi connectivity index (χ0n) is 22.3. The first-order chi connectivity index (χ1) is 17.3. The summed E-state index contributed by atoms with van der Waals surface area (Å²) >= 11 is 0. The molecule has 0 spiro atoms. The molecule has 6 nitrogen and oxygen atoms in total. The van der Waals surface area contributed by atoms with Crippen molar-refractivity contribution in [2.75, 3.05) is 32.8 Å². The zero-order chi connectivity index (χ0) is 26.2. The number of carbonyl (C=O) groups is 2. The number of ether oxygens (including phenoxy) is 1. The molecule has 1 N–H and O–H groups in total. The molecule has 0 radical (unpaired) electrons. The third-order valence-electron chi connectivity index (χ3n) is 6.83. The largest absolute Gasteiger partial charge is 0.507 e. The molecule has 1 aliphatic rings. The van der Waals surface area contributed by atoms with E-state index >= 15 is 0 Å². The molecule has 0 bridgehead atoms. The lowest BCUT2D eigenvalue weighted by Crippen LogP contribution is -2.33. The Morgan fingerprint density at radius 3 is 2.19 bits per heavy atom. The summed E-state index contributed by atoms with van der Waals surface area (Å²) in [5.74, 6) is -0.282. The molecule has 36 heavy (non-hydrogen) atoms. The van der Waals surface area contributed by atoms with E-state index < -0.39 is 17.7 Å². The third-order valence-corrected chi connectivity index (χ3v) is 6.83. The van der Waals surface area contributed by atoms with Crippen LogP contribution in [0.3, 0.4) is 0 Å². The van der Waals surface area contributed by atoms with Gasteiger partial charge in [-0.2, -0.15) is 0 Å². The van der Waals surface area contributed by atoms with Crippen molar-refractivity contribution >= 4 is 17.4 Å². The van der Waals surface area contributed by atoms with E-state index in [1.165, 1.54) is 5.56 Å². The molecule has 194 valence electrons. The van der Waals surface area contributed by atoms with E-state index in [-0.39, 0.29) is 11.3 Å². The normalized spacial score (nSPS) is 17.4. The number of carbonyl (C=O) groups excluding carboxylic acids is 2. The summed E-state index contributed by atoms with van der Waals surface area (Å²) < 4.78 is 5.64. The van der Waals surface area contributed by atoms with E-state index in [1.807, 2.05) is 31.2 Å². The van der Waals surface area contributed by atoms with Gasteiger partial charge in [-0.25, -0.2) is 0 Å². The van der Waals surface area contributed by atoms with Gasteiger partial charge in [-0.3, -0.25) is 9.59 Å². The van der Waals surface area contributed by atoms with Gasteiger partial charge in [-0.15, -0.1) is 0 Å². The van der Waals surface area contributed by atoms with Crippen LogP contribution in [0.4, 0.5) is 0 Å². The van der Waals surface area contributed by atoms with E-state index in [4.69, 9.17) is 4.74 Å². The van der Waals surface area contributed by atoms with Gasteiger partial charge in [0.1, 0.15) is 11.5 Å². The standard InChI is InChI=1S/C30H40N2O4/c1-6-20-36-25-16-14-24(15-17-25)28(33)26-27(23-12-10-22(11-13-23)21(4)5)32(30(35)29(26)34)19-9-18-31(7-2)8-3/h10-17,21,27,33H,6-9,18-20H2,1-5H3/b28-26+. The minimum absolute atomic E-state index is 0.141. The molecule has 1 atom stereocenters. The molecule has 1 fully saturated rings. The summed E-state index contributed by atoms with van der Waals surface area (Å²) in [4.78, 5) is 30.4.